The minimum absolute atomic E-state index is 0.285. The highest BCUT2D eigenvalue weighted by Gasteiger charge is 2.09. The summed E-state index contributed by atoms with van der Waals surface area (Å²) < 4.78 is 7.35. The van der Waals surface area contributed by atoms with Gasteiger partial charge in [-0.2, -0.15) is 0 Å². The molecule has 0 saturated carbocycles. The molecule has 0 aliphatic carbocycles. The van der Waals surface area contributed by atoms with E-state index in [1.54, 1.807) is 19.2 Å². The van der Waals surface area contributed by atoms with E-state index in [1.165, 1.54) is 0 Å². The third kappa shape index (κ3) is 1.35. The average molecular weight is 227 g/mol. The fraction of sp³-hybridized carbons (Fsp3) is 0.143. The molecule has 3 aromatic rings. The fourth-order valence-electron chi connectivity index (χ4n) is 2.31. The van der Waals surface area contributed by atoms with Gasteiger partial charge in [-0.25, -0.2) is 0 Å². The summed E-state index contributed by atoms with van der Waals surface area (Å²) in [7, 11) is 3.68. The number of aryl methyl sites for hydroxylation is 1. The number of benzene rings is 2. The van der Waals surface area contributed by atoms with Crippen LogP contribution in [0.25, 0.3) is 21.8 Å². The Morgan fingerprint density at radius 1 is 1.00 bits per heavy atom. The van der Waals surface area contributed by atoms with Crippen molar-refractivity contribution in [1.82, 2.24) is 4.57 Å². The maximum Gasteiger partial charge on any atom is 0.119 e. The van der Waals surface area contributed by atoms with Crippen LogP contribution in [0.4, 0.5) is 0 Å². The number of phenols is 1. The normalized spacial score (nSPS) is 11.2. The predicted octanol–water partition coefficient (Wildman–Crippen LogP) is 3.05. The monoisotopic (exact) mass is 227 g/mol. The summed E-state index contributed by atoms with van der Waals surface area (Å²) in [6.45, 7) is 0. The van der Waals surface area contributed by atoms with Crippen LogP contribution in [0.2, 0.25) is 0 Å². The summed E-state index contributed by atoms with van der Waals surface area (Å²) in [6.07, 6.45) is 0. The second kappa shape index (κ2) is 3.42. The summed E-state index contributed by atoms with van der Waals surface area (Å²) >= 11 is 0. The zero-order valence-electron chi connectivity index (χ0n) is 9.77. The number of aromatic nitrogens is 1. The quantitative estimate of drug-likeness (QED) is 0.693. The van der Waals surface area contributed by atoms with Gasteiger partial charge in [-0.15, -0.1) is 0 Å². The van der Waals surface area contributed by atoms with Crippen molar-refractivity contribution >= 4 is 21.8 Å². The van der Waals surface area contributed by atoms with Gasteiger partial charge < -0.3 is 14.4 Å². The van der Waals surface area contributed by atoms with Gasteiger partial charge in [0.15, 0.2) is 0 Å². The number of methoxy groups -OCH3 is 1. The maximum absolute atomic E-state index is 9.58. The first-order valence-corrected chi connectivity index (χ1v) is 5.46. The summed E-state index contributed by atoms with van der Waals surface area (Å²) in [6, 6.07) is 11.4. The molecule has 3 heteroatoms. The van der Waals surface area contributed by atoms with Crippen molar-refractivity contribution < 1.29 is 9.84 Å². The first-order valence-electron chi connectivity index (χ1n) is 5.46. The maximum atomic E-state index is 9.58. The Morgan fingerprint density at radius 3 is 2.35 bits per heavy atom. The molecule has 2 aromatic carbocycles. The van der Waals surface area contributed by atoms with Gasteiger partial charge >= 0.3 is 0 Å². The second-order valence-corrected chi connectivity index (χ2v) is 4.14. The van der Waals surface area contributed by atoms with E-state index in [4.69, 9.17) is 4.74 Å². The Kier molecular flexibility index (Phi) is 2.01. The molecule has 0 saturated heterocycles. The third-order valence-corrected chi connectivity index (χ3v) is 3.20. The number of rotatable bonds is 1. The van der Waals surface area contributed by atoms with Crippen molar-refractivity contribution in [2.24, 2.45) is 7.05 Å². The van der Waals surface area contributed by atoms with Crippen LogP contribution in [0.3, 0.4) is 0 Å². The Labute approximate surface area is 98.9 Å². The van der Waals surface area contributed by atoms with Crippen LogP contribution in [0.15, 0.2) is 36.4 Å². The number of hydrogen-bond acceptors (Lipinski definition) is 2. The zero-order chi connectivity index (χ0) is 12.0. The lowest BCUT2D eigenvalue weighted by atomic mass is 10.1. The highest BCUT2D eigenvalue weighted by Crippen LogP contribution is 2.32. The largest absolute Gasteiger partial charge is 0.508 e. The number of ether oxygens (including phenoxy) is 1. The molecule has 0 radical (unpaired) electrons. The van der Waals surface area contributed by atoms with E-state index in [1.807, 2.05) is 31.3 Å². The van der Waals surface area contributed by atoms with E-state index < -0.39 is 0 Å². The number of aromatic hydroxyl groups is 1. The van der Waals surface area contributed by atoms with Crippen LogP contribution < -0.4 is 4.74 Å². The van der Waals surface area contributed by atoms with E-state index in [0.717, 1.165) is 27.6 Å². The van der Waals surface area contributed by atoms with Crippen molar-refractivity contribution in [3.8, 4) is 11.5 Å². The van der Waals surface area contributed by atoms with Crippen molar-refractivity contribution in [2.45, 2.75) is 0 Å². The Hall–Kier alpha value is -2.16. The minimum atomic E-state index is 0.285. The number of nitrogens with zero attached hydrogens (tertiary/aromatic N) is 1. The molecule has 0 unspecified atom stereocenters. The third-order valence-electron chi connectivity index (χ3n) is 3.20. The lowest BCUT2D eigenvalue weighted by molar-refractivity contribution is 0.415. The average Bonchev–Trinajstić information content (AvgIpc) is 2.62. The molecular weight excluding hydrogens is 214 g/mol. The Morgan fingerprint density at radius 2 is 1.65 bits per heavy atom. The predicted molar refractivity (Wildman–Crippen MR) is 68.6 cm³/mol. The Bertz CT molecular complexity index is 713. The second-order valence-electron chi connectivity index (χ2n) is 4.14. The van der Waals surface area contributed by atoms with E-state index in [-0.39, 0.29) is 5.75 Å². The molecule has 1 aromatic heterocycles. The molecule has 0 amide bonds. The number of hydrogen-bond donors (Lipinski definition) is 1. The van der Waals surface area contributed by atoms with Gasteiger partial charge in [-0.05, 0) is 36.4 Å². The first-order chi connectivity index (χ1) is 8.20. The lowest BCUT2D eigenvalue weighted by Gasteiger charge is -2.00. The van der Waals surface area contributed by atoms with Crippen LogP contribution in [-0.2, 0) is 7.05 Å². The van der Waals surface area contributed by atoms with Crippen molar-refractivity contribution in [3.63, 3.8) is 0 Å². The fourth-order valence-corrected chi connectivity index (χ4v) is 2.31. The molecule has 0 aliphatic rings. The van der Waals surface area contributed by atoms with Crippen LogP contribution >= 0.6 is 0 Å². The van der Waals surface area contributed by atoms with Crippen molar-refractivity contribution in [2.75, 3.05) is 7.11 Å². The molecule has 86 valence electrons. The molecule has 3 nitrogen and oxygen atoms in total. The number of fused-ring (bicyclic) bond motifs is 3. The molecule has 1 N–H and O–H groups in total. The van der Waals surface area contributed by atoms with E-state index in [9.17, 15) is 5.11 Å². The van der Waals surface area contributed by atoms with Gasteiger partial charge in [-0.3, -0.25) is 0 Å². The zero-order valence-corrected chi connectivity index (χ0v) is 9.77. The van der Waals surface area contributed by atoms with Gasteiger partial charge in [0.2, 0.25) is 0 Å². The smallest absolute Gasteiger partial charge is 0.119 e. The van der Waals surface area contributed by atoms with Crippen LogP contribution in [0, 0.1) is 0 Å². The van der Waals surface area contributed by atoms with Gasteiger partial charge in [-0.1, -0.05) is 0 Å². The van der Waals surface area contributed by atoms with Crippen LogP contribution in [-0.4, -0.2) is 16.8 Å². The highest BCUT2D eigenvalue weighted by atomic mass is 16.5. The van der Waals surface area contributed by atoms with Crippen molar-refractivity contribution in [3.05, 3.63) is 36.4 Å². The van der Waals surface area contributed by atoms with E-state index in [2.05, 4.69) is 4.57 Å². The molecule has 0 aliphatic heterocycles. The van der Waals surface area contributed by atoms with Crippen LogP contribution in [0.5, 0.6) is 11.5 Å². The Balaban J connectivity index is 2.51. The molecule has 1 heterocycles. The number of phenolic OH excluding ortho intramolecular Hbond substituents is 1. The molecule has 0 spiro atoms. The summed E-state index contributed by atoms with van der Waals surface area (Å²) in [5.41, 5.74) is 2.23. The minimum Gasteiger partial charge on any atom is -0.508 e. The van der Waals surface area contributed by atoms with Crippen LogP contribution in [0.1, 0.15) is 0 Å². The molecule has 0 fully saturated rings. The van der Waals surface area contributed by atoms with Gasteiger partial charge in [0.05, 0.1) is 7.11 Å². The molecule has 0 atom stereocenters. The molecule has 0 bridgehead atoms. The van der Waals surface area contributed by atoms with Gasteiger partial charge in [0.1, 0.15) is 11.5 Å². The lowest BCUT2D eigenvalue weighted by Crippen LogP contribution is -1.86. The van der Waals surface area contributed by atoms with Gasteiger partial charge in [0, 0.05) is 28.9 Å². The van der Waals surface area contributed by atoms with Crippen molar-refractivity contribution in [1.29, 1.82) is 0 Å². The molecule has 3 rings (SSSR count). The summed E-state index contributed by atoms with van der Waals surface area (Å²) in [5.74, 6) is 1.11. The van der Waals surface area contributed by atoms with E-state index in [0.29, 0.717) is 0 Å². The molecular formula is C14H13NO2. The SMILES string of the molecule is COc1ccc2c(c1)c1cc(O)ccc1n2C. The summed E-state index contributed by atoms with van der Waals surface area (Å²) in [5, 5.41) is 11.7. The standard InChI is InChI=1S/C14H13NO2/c1-15-13-5-3-9(16)7-11(13)12-8-10(17-2)4-6-14(12)15/h3-8,16H,1-2H3. The van der Waals surface area contributed by atoms with E-state index >= 15 is 0 Å². The topological polar surface area (TPSA) is 34.4 Å². The summed E-state index contributed by atoms with van der Waals surface area (Å²) in [4.78, 5) is 0. The highest BCUT2D eigenvalue weighted by molar-refractivity contribution is 6.08. The first kappa shape index (κ1) is 10.0. The molecule has 17 heavy (non-hydrogen) atoms. The van der Waals surface area contributed by atoms with Gasteiger partial charge in [0.25, 0.3) is 0 Å².